The highest BCUT2D eigenvalue weighted by Gasteiger charge is 2.80. The van der Waals surface area contributed by atoms with Gasteiger partial charge in [0.25, 0.3) is 6.17 Å². The fraction of sp³-hybridized carbons (Fsp3) is 1.00. The predicted octanol–water partition coefficient (Wildman–Crippen LogP) is 12.0. The largest absolute Gasteiger partial charge is 0.523 e. The van der Waals surface area contributed by atoms with Crippen LogP contribution in [0.2, 0.25) is 0 Å². The molecule has 0 aliphatic rings. The third-order valence-corrected chi connectivity index (χ3v) is 4.05. The quantitative estimate of drug-likeness (QED) is 0.238. The highest BCUT2D eigenvalue weighted by molar-refractivity contribution is 4.94. The van der Waals surface area contributed by atoms with Gasteiger partial charge in [0.05, 0.1) is 6.61 Å². The molecule has 0 amide bonds. The van der Waals surface area contributed by atoms with Gasteiger partial charge in [-0.15, -0.1) is 26.3 Å². The second-order valence-corrected chi connectivity index (χ2v) is 8.40. The molecular formula is C18H11F33O3. The van der Waals surface area contributed by atoms with Crippen LogP contribution >= 0.6 is 0 Å². The number of hydrogen-bond acceptors (Lipinski definition) is 3. The van der Waals surface area contributed by atoms with Crippen LogP contribution in [-0.4, -0.2) is 98.6 Å². The lowest BCUT2D eigenvalue weighted by Crippen LogP contribution is -2.62. The molecule has 3 unspecified atom stereocenters. The minimum absolute atomic E-state index is 0.285. The molecule has 0 fully saturated rings. The van der Waals surface area contributed by atoms with Crippen molar-refractivity contribution in [3.63, 3.8) is 0 Å². The van der Waals surface area contributed by atoms with Crippen LogP contribution in [0.3, 0.4) is 0 Å². The van der Waals surface area contributed by atoms with Crippen LogP contribution in [0.1, 0.15) is 13.8 Å². The Bertz CT molecular complexity index is 1060. The predicted molar refractivity (Wildman–Crippen MR) is 100 cm³/mol. The highest BCUT2D eigenvalue weighted by atomic mass is 19.5. The van der Waals surface area contributed by atoms with Gasteiger partial charge in [0.1, 0.15) is 0 Å². The molecule has 332 valence electrons. The summed E-state index contributed by atoms with van der Waals surface area (Å²) in [6.45, 7) is 1.25. The second kappa shape index (κ2) is 18.2. The molecule has 0 aromatic rings. The average Bonchev–Trinajstić information content (AvgIpc) is 2.82. The zero-order chi connectivity index (χ0) is 45.6. The van der Waals surface area contributed by atoms with Crippen LogP contribution < -0.4 is 0 Å². The maximum absolute atomic E-state index is 12.5. The monoisotopic (exact) mass is 902 g/mol. The minimum atomic E-state index is -7.48. The zero-order valence-electron chi connectivity index (χ0n) is 24.1. The summed E-state index contributed by atoms with van der Waals surface area (Å²) in [6.07, 6.45) is -70.5. The van der Waals surface area contributed by atoms with Gasteiger partial charge in [-0.3, -0.25) is 14.2 Å². The Morgan fingerprint density at radius 2 is 0.741 bits per heavy atom. The van der Waals surface area contributed by atoms with Crippen molar-refractivity contribution < 1.29 is 159 Å². The number of halogens is 33. The van der Waals surface area contributed by atoms with E-state index in [4.69, 9.17) is 0 Å². The third kappa shape index (κ3) is 19.4. The molecule has 0 aromatic heterocycles. The van der Waals surface area contributed by atoms with E-state index in [1.54, 1.807) is 4.74 Å². The summed E-state index contributed by atoms with van der Waals surface area (Å²) in [5.41, 5.74) is 0. The summed E-state index contributed by atoms with van der Waals surface area (Å²) in [4.78, 5) is 0. The van der Waals surface area contributed by atoms with Gasteiger partial charge in [-0.05, 0) is 13.8 Å². The van der Waals surface area contributed by atoms with Gasteiger partial charge in [-0.2, -0.15) is 114 Å². The molecule has 0 radical (unpaired) electrons. The van der Waals surface area contributed by atoms with Crippen molar-refractivity contribution in [1.82, 2.24) is 0 Å². The molecule has 0 saturated heterocycles. The lowest BCUT2D eigenvalue weighted by molar-refractivity contribution is -0.470. The lowest BCUT2D eigenvalue weighted by Gasteiger charge is -2.35. The summed E-state index contributed by atoms with van der Waals surface area (Å²) in [6, 6.07) is 0. The zero-order valence-corrected chi connectivity index (χ0v) is 24.1. The van der Waals surface area contributed by atoms with Crippen molar-refractivity contribution in [2.45, 2.75) is 106 Å². The van der Waals surface area contributed by atoms with Gasteiger partial charge in [-0.1, -0.05) is 0 Å². The smallest absolute Gasteiger partial charge is 0.296 e. The van der Waals surface area contributed by atoms with Crippen molar-refractivity contribution in [1.29, 1.82) is 0 Å². The third-order valence-electron chi connectivity index (χ3n) is 4.05. The summed E-state index contributed by atoms with van der Waals surface area (Å²) >= 11 is 0. The Kier molecular flexibility index (Phi) is 19.7. The molecule has 0 saturated carbocycles. The Morgan fingerprint density at radius 3 is 0.870 bits per heavy atom. The standard InChI is InChI=1S/C7HF15O.C4HF9.C4H4F6O.C3H5F3O/c8-2(9,5(15,16)17)1(3(10,11)12)23-7(21,22)4(13,14)6(18,19)20;5-1(3(8,9)10)2(6,7)4(11,12)13;1-2(3(5,6)7)11-4(8,9)10;1-2-7-3(4,5)6/h1H;1H;2H,1H3;2H2,1H3. The van der Waals surface area contributed by atoms with Crippen molar-refractivity contribution in [2.75, 3.05) is 6.61 Å². The van der Waals surface area contributed by atoms with Crippen LogP contribution in [0.4, 0.5) is 145 Å². The molecule has 0 bridgehead atoms. The first-order valence-corrected chi connectivity index (χ1v) is 11.4. The van der Waals surface area contributed by atoms with E-state index >= 15 is 0 Å². The number of alkyl halides is 33. The van der Waals surface area contributed by atoms with E-state index in [0.717, 1.165) is 0 Å². The van der Waals surface area contributed by atoms with E-state index in [0.29, 0.717) is 0 Å². The number of hydrogen-bond donors (Lipinski definition) is 0. The fourth-order valence-corrected chi connectivity index (χ4v) is 1.66. The second-order valence-electron chi connectivity index (χ2n) is 8.40. The summed E-state index contributed by atoms with van der Waals surface area (Å²) < 4.78 is 389. The van der Waals surface area contributed by atoms with E-state index in [2.05, 4.69) is 9.47 Å². The first kappa shape index (κ1) is 58.3. The SMILES string of the molecule is CC(OC(F)(F)F)C(F)(F)F.CCOC(F)(F)F.FC(C(F)(F)F)C(F)(F)C(F)(F)F.FC(F)(F)C(OC(F)(F)C(F)(F)C(F)(F)F)C(F)(F)C(F)(F)F. The molecule has 36 heteroatoms. The van der Waals surface area contributed by atoms with Gasteiger partial charge >= 0.3 is 73.7 Å². The van der Waals surface area contributed by atoms with Crippen LogP contribution in [0.25, 0.3) is 0 Å². The molecule has 0 rings (SSSR count). The van der Waals surface area contributed by atoms with E-state index < -0.39 is 92.0 Å². The maximum Gasteiger partial charge on any atom is 0.523 e. The summed E-state index contributed by atoms with van der Waals surface area (Å²) in [7, 11) is 0. The number of rotatable bonds is 7. The normalized spacial score (nSPS) is 16.5. The van der Waals surface area contributed by atoms with Gasteiger partial charge in [0.15, 0.2) is 6.10 Å². The molecule has 3 nitrogen and oxygen atoms in total. The fourth-order valence-electron chi connectivity index (χ4n) is 1.66. The van der Waals surface area contributed by atoms with Crippen molar-refractivity contribution in [2.24, 2.45) is 0 Å². The van der Waals surface area contributed by atoms with E-state index in [-0.39, 0.29) is 13.5 Å². The molecule has 54 heavy (non-hydrogen) atoms. The van der Waals surface area contributed by atoms with E-state index in [9.17, 15) is 145 Å². The Balaban J connectivity index is -0.000000341. The summed E-state index contributed by atoms with van der Waals surface area (Å²) in [5.74, 6) is -21.1. The van der Waals surface area contributed by atoms with Crippen LogP contribution in [0.5, 0.6) is 0 Å². The maximum atomic E-state index is 12.5. The molecule has 0 aromatic carbocycles. The van der Waals surface area contributed by atoms with Crippen LogP contribution in [0, 0.1) is 0 Å². The van der Waals surface area contributed by atoms with Gasteiger partial charge in [0.2, 0.25) is 6.10 Å². The van der Waals surface area contributed by atoms with Gasteiger partial charge < -0.3 is 0 Å². The lowest BCUT2D eigenvalue weighted by atomic mass is 10.1. The van der Waals surface area contributed by atoms with E-state index in [1.807, 2.05) is 0 Å². The highest BCUT2D eigenvalue weighted by Crippen LogP contribution is 2.52. The Labute approximate surface area is 273 Å². The topological polar surface area (TPSA) is 27.7 Å². The molecule has 0 spiro atoms. The summed E-state index contributed by atoms with van der Waals surface area (Å²) in [5, 5.41) is 0. The average molecular weight is 902 g/mol. The van der Waals surface area contributed by atoms with Crippen molar-refractivity contribution >= 4 is 0 Å². The Morgan fingerprint density at radius 1 is 0.407 bits per heavy atom. The van der Waals surface area contributed by atoms with Gasteiger partial charge in [-0.25, -0.2) is 4.39 Å². The van der Waals surface area contributed by atoms with Gasteiger partial charge in [0, 0.05) is 0 Å². The molecular weight excluding hydrogens is 891 g/mol. The molecule has 0 aliphatic carbocycles. The van der Waals surface area contributed by atoms with Crippen molar-refractivity contribution in [3.8, 4) is 0 Å². The molecule has 3 atom stereocenters. The molecule has 0 N–H and O–H groups in total. The van der Waals surface area contributed by atoms with Crippen LogP contribution in [-0.2, 0) is 14.2 Å². The molecule has 0 heterocycles. The Hall–Kier alpha value is -2.43. The van der Waals surface area contributed by atoms with Crippen LogP contribution in [0.15, 0.2) is 0 Å². The van der Waals surface area contributed by atoms with E-state index in [1.165, 1.54) is 6.92 Å². The first-order valence-electron chi connectivity index (χ1n) is 11.4. The molecule has 0 aliphatic heterocycles. The number of ether oxygens (including phenoxy) is 3. The first-order chi connectivity index (χ1) is 22.7. The van der Waals surface area contributed by atoms with Crippen molar-refractivity contribution in [3.05, 3.63) is 0 Å². The minimum Gasteiger partial charge on any atom is -0.296 e.